The molecule has 2 aromatic rings. The molecule has 0 amide bonds. The van der Waals surface area contributed by atoms with Gasteiger partial charge in [-0.3, -0.25) is 14.5 Å². The molecule has 0 aliphatic carbocycles. The Morgan fingerprint density at radius 2 is 1.80 bits per heavy atom. The maximum absolute atomic E-state index is 12.6. The van der Waals surface area contributed by atoms with Gasteiger partial charge in [-0.2, -0.15) is 0 Å². The Kier molecular flexibility index (Phi) is 5.35. The molecular formula is C20H20BrNO3. The molecule has 1 aliphatic heterocycles. The molecule has 0 saturated carbocycles. The van der Waals surface area contributed by atoms with E-state index in [2.05, 4.69) is 20.8 Å². The van der Waals surface area contributed by atoms with Gasteiger partial charge in [-0.1, -0.05) is 64.5 Å². The molecule has 0 radical (unpaired) electrons. The number of hydrogen-bond acceptors (Lipinski definition) is 3. The molecule has 0 aromatic heterocycles. The summed E-state index contributed by atoms with van der Waals surface area (Å²) >= 11 is 3.47. The number of carbonyl (C=O) groups excluding carboxylic acids is 1. The summed E-state index contributed by atoms with van der Waals surface area (Å²) in [7, 11) is 0. The third kappa shape index (κ3) is 3.83. The molecule has 3 rings (SSSR count). The van der Waals surface area contributed by atoms with Crippen molar-refractivity contribution in [2.45, 2.75) is 19.4 Å². The second kappa shape index (κ2) is 7.50. The van der Waals surface area contributed by atoms with Gasteiger partial charge in [0, 0.05) is 30.5 Å². The maximum atomic E-state index is 12.6. The van der Waals surface area contributed by atoms with Crippen LogP contribution in [0.5, 0.6) is 0 Å². The van der Waals surface area contributed by atoms with Crippen molar-refractivity contribution < 1.29 is 14.7 Å². The van der Waals surface area contributed by atoms with Gasteiger partial charge in [0.05, 0.1) is 0 Å². The highest BCUT2D eigenvalue weighted by molar-refractivity contribution is 9.10. The van der Waals surface area contributed by atoms with Crippen LogP contribution in [0.3, 0.4) is 0 Å². The fourth-order valence-corrected chi connectivity index (χ4v) is 3.83. The Labute approximate surface area is 155 Å². The third-order valence-corrected chi connectivity index (χ3v) is 5.56. The minimum Gasteiger partial charge on any atom is -0.480 e. The third-order valence-electron chi connectivity index (χ3n) is 4.79. The van der Waals surface area contributed by atoms with Gasteiger partial charge in [0.15, 0.2) is 5.78 Å². The lowest BCUT2D eigenvalue weighted by atomic mass is 9.74. The van der Waals surface area contributed by atoms with E-state index in [0.29, 0.717) is 13.1 Å². The van der Waals surface area contributed by atoms with Crippen LogP contribution in [-0.2, 0) is 22.6 Å². The summed E-state index contributed by atoms with van der Waals surface area (Å²) in [6.45, 7) is 1.48. The average Bonchev–Trinajstić information content (AvgIpc) is 2.60. The van der Waals surface area contributed by atoms with Gasteiger partial charge in [-0.15, -0.1) is 0 Å². The van der Waals surface area contributed by atoms with E-state index < -0.39 is 11.4 Å². The molecule has 1 saturated heterocycles. The number of carbonyl (C=O) groups is 2. The molecule has 0 spiro atoms. The predicted octanol–water partition coefficient (Wildman–Crippen LogP) is 3.54. The molecule has 4 nitrogen and oxygen atoms in total. The first-order valence-electron chi connectivity index (χ1n) is 8.28. The van der Waals surface area contributed by atoms with Crippen molar-refractivity contribution in [3.8, 4) is 0 Å². The Hall–Kier alpha value is -1.98. The van der Waals surface area contributed by atoms with Gasteiger partial charge >= 0.3 is 5.97 Å². The summed E-state index contributed by atoms with van der Waals surface area (Å²) in [5, 5.41) is 9.93. The summed E-state index contributed by atoms with van der Waals surface area (Å²) in [4.78, 5) is 26.9. The second-order valence-corrected chi connectivity index (χ2v) is 7.38. The standard InChI is InChI=1S/C20H20BrNO3/c21-17-9-5-4-8-16(17)12-20(19(24)25)14-22(11-10-18(20)23)13-15-6-2-1-3-7-15/h1-9H,10-14H2,(H,24,25). The van der Waals surface area contributed by atoms with E-state index in [-0.39, 0.29) is 25.2 Å². The smallest absolute Gasteiger partial charge is 0.318 e. The molecule has 0 bridgehead atoms. The first kappa shape index (κ1) is 17.8. The highest BCUT2D eigenvalue weighted by Crippen LogP contribution is 2.34. The van der Waals surface area contributed by atoms with Gasteiger partial charge in [0.2, 0.25) is 0 Å². The van der Waals surface area contributed by atoms with Gasteiger partial charge < -0.3 is 5.11 Å². The minimum absolute atomic E-state index is 0.180. The molecule has 130 valence electrons. The molecule has 2 aromatic carbocycles. The quantitative estimate of drug-likeness (QED) is 0.778. The Bertz CT molecular complexity index is 778. The highest BCUT2D eigenvalue weighted by atomic mass is 79.9. The number of rotatable bonds is 5. The number of halogens is 1. The number of likely N-dealkylation sites (tertiary alicyclic amines) is 1. The molecule has 1 unspecified atom stereocenters. The number of aliphatic carboxylic acids is 1. The van der Waals surface area contributed by atoms with Crippen LogP contribution in [0.25, 0.3) is 0 Å². The fourth-order valence-electron chi connectivity index (χ4n) is 3.41. The molecule has 1 heterocycles. The molecule has 1 N–H and O–H groups in total. The summed E-state index contributed by atoms with van der Waals surface area (Å²) in [6.07, 6.45) is 0.470. The first-order valence-corrected chi connectivity index (χ1v) is 9.07. The number of piperidine rings is 1. The van der Waals surface area contributed by atoms with Gasteiger partial charge in [0.25, 0.3) is 0 Å². The molecular weight excluding hydrogens is 382 g/mol. The van der Waals surface area contributed by atoms with Crippen LogP contribution in [-0.4, -0.2) is 34.8 Å². The number of nitrogens with zero attached hydrogens (tertiary/aromatic N) is 1. The fraction of sp³-hybridized carbons (Fsp3) is 0.300. The van der Waals surface area contributed by atoms with E-state index in [4.69, 9.17) is 0 Å². The van der Waals surface area contributed by atoms with Crippen molar-refractivity contribution in [2.75, 3.05) is 13.1 Å². The summed E-state index contributed by atoms with van der Waals surface area (Å²) < 4.78 is 0.837. The molecule has 1 aliphatic rings. The number of carboxylic acid groups (broad SMARTS) is 1. The van der Waals surface area contributed by atoms with E-state index in [1.165, 1.54) is 0 Å². The first-order chi connectivity index (χ1) is 12.0. The summed E-state index contributed by atoms with van der Waals surface area (Å²) in [5.74, 6) is -1.22. The van der Waals surface area contributed by atoms with Crippen LogP contribution in [0, 0.1) is 5.41 Å². The lowest BCUT2D eigenvalue weighted by Crippen LogP contribution is -2.54. The SMILES string of the molecule is O=C(O)C1(Cc2ccccc2Br)CN(Cc2ccccc2)CCC1=O. The van der Waals surface area contributed by atoms with Crippen molar-refractivity contribution in [1.29, 1.82) is 0 Å². The number of benzene rings is 2. The van der Waals surface area contributed by atoms with Crippen molar-refractivity contribution in [1.82, 2.24) is 4.90 Å². The van der Waals surface area contributed by atoms with Crippen LogP contribution in [0.1, 0.15) is 17.5 Å². The molecule has 25 heavy (non-hydrogen) atoms. The van der Waals surface area contributed by atoms with Crippen molar-refractivity contribution in [3.63, 3.8) is 0 Å². The van der Waals surface area contributed by atoms with Crippen LogP contribution < -0.4 is 0 Å². The van der Waals surface area contributed by atoms with Gasteiger partial charge in [0.1, 0.15) is 5.41 Å². The molecule has 5 heteroatoms. The summed E-state index contributed by atoms with van der Waals surface area (Å²) in [5.41, 5.74) is 0.577. The Morgan fingerprint density at radius 1 is 1.12 bits per heavy atom. The van der Waals surface area contributed by atoms with Crippen LogP contribution in [0.15, 0.2) is 59.1 Å². The number of carboxylic acids is 1. The molecule has 1 fully saturated rings. The van der Waals surface area contributed by atoms with Crippen LogP contribution in [0.2, 0.25) is 0 Å². The lowest BCUT2D eigenvalue weighted by Gasteiger charge is -2.39. The van der Waals surface area contributed by atoms with Crippen LogP contribution in [0.4, 0.5) is 0 Å². The minimum atomic E-state index is -1.39. The normalized spacial score (nSPS) is 21.2. The Morgan fingerprint density at radius 3 is 2.48 bits per heavy atom. The van der Waals surface area contributed by atoms with Gasteiger partial charge in [-0.25, -0.2) is 0 Å². The van der Waals surface area contributed by atoms with E-state index >= 15 is 0 Å². The highest BCUT2D eigenvalue weighted by Gasteiger charge is 2.49. The predicted molar refractivity (Wildman–Crippen MR) is 99.3 cm³/mol. The topological polar surface area (TPSA) is 57.6 Å². The van der Waals surface area contributed by atoms with E-state index in [9.17, 15) is 14.7 Å². The van der Waals surface area contributed by atoms with E-state index in [1.807, 2.05) is 54.6 Å². The zero-order chi connectivity index (χ0) is 17.9. The van der Waals surface area contributed by atoms with Crippen LogP contribution >= 0.6 is 15.9 Å². The maximum Gasteiger partial charge on any atom is 0.318 e. The van der Waals surface area contributed by atoms with E-state index in [0.717, 1.165) is 15.6 Å². The second-order valence-electron chi connectivity index (χ2n) is 6.52. The number of hydrogen-bond donors (Lipinski definition) is 1. The monoisotopic (exact) mass is 401 g/mol. The summed E-state index contributed by atoms with van der Waals surface area (Å²) in [6, 6.07) is 17.4. The number of Topliss-reactive ketones (excluding diaryl/α,β-unsaturated/α-hetero) is 1. The zero-order valence-corrected chi connectivity index (χ0v) is 15.4. The average molecular weight is 402 g/mol. The van der Waals surface area contributed by atoms with Crippen molar-refractivity contribution in [2.24, 2.45) is 5.41 Å². The largest absolute Gasteiger partial charge is 0.480 e. The van der Waals surface area contributed by atoms with Crippen molar-refractivity contribution >= 4 is 27.7 Å². The molecule has 1 atom stereocenters. The van der Waals surface area contributed by atoms with Gasteiger partial charge in [-0.05, 0) is 23.6 Å². The van der Waals surface area contributed by atoms with Crippen molar-refractivity contribution in [3.05, 3.63) is 70.2 Å². The lowest BCUT2D eigenvalue weighted by molar-refractivity contribution is -0.159. The Balaban J connectivity index is 1.86. The van der Waals surface area contributed by atoms with E-state index in [1.54, 1.807) is 0 Å². The number of ketones is 1. The zero-order valence-electron chi connectivity index (χ0n) is 13.8.